The molecule has 1 aromatic heterocycles. The Kier molecular flexibility index (Phi) is 4.24. The molecule has 0 aliphatic heterocycles. The molecule has 0 spiro atoms. The van der Waals surface area contributed by atoms with Crippen LogP contribution >= 0.6 is 0 Å². The first-order valence-electron chi connectivity index (χ1n) is 6.98. The number of carbonyl (C=O) groups excluding carboxylic acids is 1. The highest BCUT2D eigenvalue weighted by molar-refractivity contribution is 5.84. The van der Waals surface area contributed by atoms with E-state index in [1.807, 2.05) is 42.5 Å². The van der Waals surface area contributed by atoms with Crippen molar-refractivity contribution in [1.29, 1.82) is 0 Å². The minimum absolute atomic E-state index is 0.611. The van der Waals surface area contributed by atoms with E-state index in [2.05, 4.69) is 10.4 Å². The van der Waals surface area contributed by atoms with Gasteiger partial charge in [-0.25, -0.2) is 4.79 Å². The average molecular weight is 309 g/mol. The third-order valence-electron chi connectivity index (χ3n) is 3.18. The Labute approximate surface area is 133 Å². The van der Waals surface area contributed by atoms with Crippen molar-refractivity contribution in [1.82, 2.24) is 9.94 Å². The van der Waals surface area contributed by atoms with E-state index in [1.165, 1.54) is 0 Å². The van der Waals surface area contributed by atoms with Crippen molar-refractivity contribution in [3.05, 3.63) is 67.0 Å². The number of carbonyl (C=O) groups is 1. The summed E-state index contributed by atoms with van der Waals surface area (Å²) in [6, 6.07) is 16.6. The molecule has 0 saturated carbocycles. The van der Waals surface area contributed by atoms with Crippen molar-refractivity contribution >= 4 is 11.8 Å². The number of ether oxygens (including phenoxy) is 1. The Morgan fingerprint density at radius 2 is 1.78 bits per heavy atom. The van der Waals surface area contributed by atoms with E-state index in [1.54, 1.807) is 31.6 Å². The number of amides is 1. The molecule has 6 heteroatoms. The minimum atomic E-state index is -0.611. The first-order valence-corrected chi connectivity index (χ1v) is 6.98. The molecular weight excluding hydrogens is 294 g/mol. The van der Waals surface area contributed by atoms with Gasteiger partial charge in [0.05, 0.1) is 19.5 Å². The van der Waals surface area contributed by atoms with Gasteiger partial charge in [0.2, 0.25) is 0 Å². The highest BCUT2D eigenvalue weighted by Gasteiger charge is 2.07. The van der Waals surface area contributed by atoms with E-state index in [0.717, 1.165) is 21.7 Å². The van der Waals surface area contributed by atoms with Gasteiger partial charge in [-0.05, 0) is 29.8 Å². The predicted octanol–water partition coefficient (Wildman–Crippen LogP) is 3.22. The molecule has 6 nitrogen and oxygen atoms in total. The first-order chi connectivity index (χ1) is 11.2. The number of methoxy groups -OCH3 is 1. The fraction of sp³-hybridized carbons (Fsp3) is 0.0588. The molecule has 0 atom stereocenters. The zero-order chi connectivity index (χ0) is 16.1. The van der Waals surface area contributed by atoms with Crippen LogP contribution in [0.15, 0.2) is 67.0 Å². The van der Waals surface area contributed by atoms with Crippen LogP contribution in [-0.4, -0.2) is 23.1 Å². The van der Waals surface area contributed by atoms with E-state index in [4.69, 9.17) is 9.57 Å². The van der Waals surface area contributed by atoms with E-state index in [9.17, 15) is 4.79 Å². The second-order valence-electron chi connectivity index (χ2n) is 4.73. The maximum absolute atomic E-state index is 11.8. The number of nitrogens with one attached hydrogen (secondary N) is 1. The standard InChI is InChI=1S/C17H15N3O3/c1-22-16-9-7-13(8-10-16)14-11-18-20(12-14)23-17(21)19-15-5-3-2-4-6-15/h2-12H,1H3,(H,19,21). The summed E-state index contributed by atoms with van der Waals surface area (Å²) in [5.41, 5.74) is 2.43. The molecule has 3 aromatic rings. The van der Waals surface area contributed by atoms with E-state index < -0.39 is 6.09 Å². The average Bonchev–Trinajstić information content (AvgIpc) is 3.04. The van der Waals surface area contributed by atoms with Crippen molar-refractivity contribution in [2.45, 2.75) is 0 Å². The fourth-order valence-electron chi connectivity index (χ4n) is 2.03. The normalized spacial score (nSPS) is 10.1. The van der Waals surface area contributed by atoms with Crippen LogP contribution in [0.1, 0.15) is 0 Å². The number of para-hydroxylation sites is 1. The second kappa shape index (κ2) is 6.65. The highest BCUT2D eigenvalue weighted by Crippen LogP contribution is 2.21. The van der Waals surface area contributed by atoms with Gasteiger partial charge >= 0.3 is 6.09 Å². The minimum Gasteiger partial charge on any atom is -0.497 e. The van der Waals surface area contributed by atoms with Crippen LogP contribution in [0.4, 0.5) is 10.5 Å². The Balaban J connectivity index is 1.65. The van der Waals surface area contributed by atoms with Crippen LogP contribution in [0.2, 0.25) is 0 Å². The lowest BCUT2D eigenvalue weighted by Gasteiger charge is -2.05. The topological polar surface area (TPSA) is 65.4 Å². The zero-order valence-corrected chi connectivity index (χ0v) is 12.5. The molecule has 0 radical (unpaired) electrons. The maximum atomic E-state index is 11.8. The molecule has 1 N–H and O–H groups in total. The van der Waals surface area contributed by atoms with Crippen LogP contribution in [0, 0.1) is 0 Å². The third-order valence-corrected chi connectivity index (χ3v) is 3.18. The molecule has 0 aliphatic carbocycles. The third kappa shape index (κ3) is 3.68. The fourth-order valence-corrected chi connectivity index (χ4v) is 2.03. The summed E-state index contributed by atoms with van der Waals surface area (Å²) in [5, 5.41) is 6.64. The van der Waals surface area contributed by atoms with Crippen molar-refractivity contribution in [2.24, 2.45) is 0 Å². The molecule has 0 aliphatic rings. The van der Waals surface area contributed by atoms with E-state index in [-0.39, 0.29) is 0 Å². The second-order valence-corrected chi connectivity index (χ2v) is 4.73. The molecule has 23 heavy (non-hydrogen) atoms. The number of hydrogen-bond donors (Lipinski definition) is 1. The first kappa shape index (κ1) is 14.6. The molecule has 1 amide bonds. The van der Waals surface area contributed by atoms with Crippen LogP contribution < -0.4 is 14.9 Å². The smallest absolute Gasteiger partial charge is 0.437 e. The molecule has 0 fully saturated rings. The van der Waals surface area contributed by atoms with Crippen LogP contribution in [-0.2, 0) is 0 Å². The molecule has 0 saturated heterocycles. The van der Waals surface area contributed by atoms with Crippen molar-refractivity contribution in [3.8, 4) is 16.9 Å². The molecule has 1 heterocycles. The highest BCUT2D eigenvalue weighted by atomic mass is 16.7. The molecule has 3 rings (SSSR count). The van der Waals surface area contributed by atoms with E-state index in [0.29, 0.717) is 5.69 Å². The van der Waals surface area contributed by atoms with Gasteiger partial charge in [-0.2, -0.15) is 0 Å². The lowest BCUT2D eigenvalue weighted by atomic mass is 10.1. The van der Waals surface area contributed by atoms with Gasteiger partial charge in [0.1, 0.15) is 5.75 Å². The van der Waals surface area contributed by atoms with Gasteiger partial charge in [0.25, 0.3) is 0 Å². The SMILES string of the molecule is COc1ccc(-c2cnn(OC(=O)Nc3ccccc3)c2)cc1. The number of benzene rings is 2. The number of anilines is 1. The van der Waals surface area contributed by atoms with Gasteiger partial charge < -0.3 is 4.74 Å². The summed E-state index contributed by atoms with van der Waals surface area (Å²) in [6.07, 6.45) is 2.64. The van der Waals surface area contributed by atoms with E-state index >= 15 is 0 Å². The van der Waals surface area contributed by atoms with Crippen LogP contribution in [0.5, 0.6) is 5.75 Å². The molecule has 0 unspecified atom stereocenters. The summed E-state index contributed by atoms with van der Waals surface area (Å²) in [7, 11) is 1.62. The Morgan fingerprint density at radius 3 is 2.48 bits per heavy atom. The zero-order valence-electron chi connectivity index (χ0n) is 12.5. The van der Waals surface area contributed by atoms with Gasteiger partial charge in [-0.3, -0.25) is 10.2 Å². The van der Waals surface area contributed by atoms with Crippen LogP contribution in [0.25, 0.3) is 11.1 Å². The summed E-state index contributed by atoms with van der Waals surface area (Å²) < 4.78 is 5.12. The Hall–Kier alpha value is -3.28. The summed E-state index contributed by atoms with van der Waals surface area (Å²) in [4.78, 5) is 18.0. The summed E-state index contributed by atoms with van der Waals surface area (Å²) in [5.74, 6) is 0.777. The van der Waals surface area contributed by atoms with Gasteiger partial charge in [-0.1, -0.05) is 35.2 Å². The number of nitrogens with zero attached hydrogens (tertiary/aromatic N) is 2. The maximum Gasteiger partial charge on any atom is 0.437 e. The Morgan fingerprint density at radius 1 is 1.04 bits per heavy atom. The summed E-state index contributed by atoms with van der Waals surface area (Å²) >= 11 is 0. The van der Waals surface area contributed by atoms with Gasteiger partial charge in [-0.15, -0.1) is 5.10 Å². The lowest BCUT2D eigenvalue weighted by molar-refractivity contribution is 0.130. The largest absolute Gasteiger partial charge is 0.497 e. The quantitative estimate of drug-likeness (QED) is 0.803. The monoisotopic (exact) mass is 309 g/mol. The van der Waals surface area contributed by atoms with Crippen molar-refractivity contribution in [3.63, 3.8) is 0 Å². The van der Waals surface area contributed by atoms with Crippen molar-refractivity contribution < 1.29 is 14.4 Å². The van der Waals surface area contributed by atoms with Crippen molar-refractivity contribution in [2.75, 3.05) is 12.4 Å². The molecule has 0 bridgehead atoms. The van der Waals surface area contributed by atoms with Crippen LogP contribution in [0.3, 0.4) is 0 Å². The van der Waals surface area contributed by atoms with Gasteiger partial charge in [0.15, 0.2) is 0 Å². The molecule has 2 aromatic carbocycles. The Bertz CT molecular complexity index is 782. The number of rotatable bonds is 4. The summed E-state index contributed by atoms with van der Waals surface area (Å²) in [6.45, 7) is 0. The lowest BCUT2D eigenvalue weighted by Crippen LogP contribution is -2.25. The molecular formula is C17H15N3O3. The number of aromatic nitrogens is 2. The predicted molar refractivity (Wildman–Crippen MR) is 86.3 cm³/mol. The molecule has 116 valence electrons. The number of hydrogen-bond acceptors (Lipinski definition) is 4. The van der Waals surface area contributed by atoms with Gasteiger partial charge in [0, 0.05) is 11.3 Å².